The molecule has 7 heteroatoms. The lowest BCUT2D eigenvalue weighted by molar-refractivity contribution is -0.143. The third-order valence-corrected chi connectivity index (χ3v) is 3.63. The fourth-order valence-corrected chi connectivity index (χ4v) is 2.56. The summed E-state index contributed by atoms with van der Waals surface area (Å²) in [4.78, 5) is 0. The summed E-state index contributed by atoms with van der Waals surface area (Å²) in [6, 6.07) is 1.83. The highest BCUT2D eigenvalue weighted by Crippen LogP contribution is 2.37. The van der Waals surface area contributed by atoms with Crippen LogP contribution in [0.4, 0.5) is 26.3 Å². The smallest absolute Gasteiger partial charge is 0.317 e. The van der Waals surface area contributed by atoms with Gasteiger partial charge >= 0.3 is 12.4 Å². The van der Waals surface area contributed by atoms with E-state index in [-0.39, 0.29) is 24.0 Å². The van der Waals surface area contributed by atoms with Gasteiger partial charge in [-0.3, -0.25) is 0 Å². The number of halogens is 6. The highest BCUT2D eigenvalue weighted by molar-refractivity contribution is 5.34. The molecule has 0 amide bonds. The molecule has 1 fully saturated rings. The maximum Gasteiger partial charge on any atom is 0.416 e. The molecular formula is C14H15F6N. The van der Waals surface area contributed by atoms with E-state index in [1.165, 1.54) is 0 Å². The van der Waals surface area contributed by atoms with Gasteiger partial charge in [-0.1, -0.05) is 0 Å². The van der Waals surface area contributed by atoms with E-state index >= 15 is 0 Å². The highest BCUT2D eigenvalue weighted by Gasteiger charge is 2.37. The Morgan fingerprint density at radius 3 is 1.76 bits per heavy atom. The van der Waals surface area contributed by atoms with Crippen LogP contribution in [0.25, 0.3) is 0 Å². The van der Waals surface area contributed by atoms with Crippen molar-refractivity contribution in [2.75, 3.05) is 13.1 Å². The fraction of sp³-hybridized carbons (Fsp3) is 0.571. The van der Waals surface area contributed by atoms with Gasteiger partial charge in [0.2, 0.25) is 0 Å². The van der Waals surface area contributed by atoms with Crippen molar-refractivity contribution in [2.45, 2.75) is 31.6 Å². The summed E-state index contributed by atoms with van der Waals surface area (Å²) in [6.07, 6.45) is -7.78. The van der Waals surface area contributed by atoms with Gasteiger partial charge in [0.25, 0.3) is 0 Å². The van der Waals surface area contributed by atoms with Crippen molar-refractivity contribution in [1.82, 2.24) is 5.32 Å². The van der Waals surface area contributed by atoms with Gasteiger partial charge in [0.15, 0.2) is 0 Å². The predicted molar refractivity (Wildman–Crippen MR) is 65.7 cm³/mol. The summed E-state index contributed by atoms with van der Waals surface area (Å²) in [7, 11) is 0. The Labute approximate surface area is 118 Å². The van der Waals surface area contributed by atoms with Gasteiger partial charge in [0.05, 0.1) is 11.1 Å². The first kappa shape index (κ1) is 16.1. The second-order valence-corrected chi connectivity index (χ2v) is 5.31. The molecule has 0 aromatic heterocycles. The van der Waals surface area contributed by atoms with E-state index in [1.807, 2.05) is 0 Å². The molecule has 1 nitrogen and oxygen atoms in total. The summed E-state index contributed by atoms with van der Waals surface area (Å²) < 4.78 is 76.4. The number of alkyl halides is 6. The maximum absolute atomic E-state index is 12.7. The molecule has 1 aliphatic heterocycles. The molecule has 1 aromatic rings. The second-order valence-electron chi connectivity index (χ2n) is 5.31. The molecule has 1 heterocycles. The average molecular weight is 311 g/mol. The number of benzene rings is 1. The molecular weight excluding hydrogens is 296 g/mol. The summed E-state index contributed by atoms with van der Waals surface area (Å²) in [5.74, 6) is 0.121. The van der Waals surface area contributed by atoms with Crippen LogP contribution in [0.1, 0.15) is 29.5 Å². The van der Waals surface area contributed by atoms with Gasteiger partial charge in [-0.15, -0.1) is 0 Å². The third-order valence-electron chi connectivity index (χ3n) is 3.63. The van der Waals surface area contributed by atoms with Gasteiger partial charge in [0.1, 0.15) is 0 Å². The van der Waals surface area contributed by atoms with Gasteiger partial charge in [-0.05, 0) is 62.0 Å². The summed E-state index contributed by atoms with van der Waals surface area (Å²) in [5, 5.41) is 3.11. The summed E-state index contributed by atoms with van der Waals surface area (Å²) >= 11 is 0. The van der Waals surface area contributed by atoms with Crippen molar-refractivity contribution in [2.24, 2.45) is 5.92 Å². The molecule has 1 aromatic carbocycles. The SMILES string of the molecule is FC(F)(F)c1cc(CC2CCNCC2)cc(C(F)(F)F)c1. The normalized spacial score (nSPS) is 18.0. The monoisotopic (exact) mass is 311 g/mol. The van der Waals surface area contributed by atoms with E-state index < -0.39 is 23.5 Å². The zero-order valence-corrected chi connectivity index (χ0v) is 11.1. The molecule has 0 unspecified atom stereocenters. The molecule has 2 rings (SSSR count). The van der Waals surface area contributed by atoms with Crippen LogP contribution in [0.2, 0.25) is 0 Å². The van der Waals surface area contributed by atoms with Gasteiger partial charge < -0.3 is 5.32 Å². The van der Waals surface area contributed by atoms with Gasteiger partial charge in [-0.25, -0.2) is 0 Å². The zero-order chi connectivity index (χ0) is 15.7. The number of hydrogen-bond donors (Lipinski definition) is 1. The first-order valence-electron chi connectivity index (χ1n) is 6.65. The van der Waals surface area contributed by atoms with E-state index in [4.69, 9.17) is 0 Å². The Kier molecular flexibility index (Phi) is 4.51. The van der Waals surface area contributed by atoms with Crippen LogP contribution < -0.4 is 5.32 Å². The Balaban J connectivity index is 2.31. The second kappa shape index (κ2) is 5.87. The van der Waals surface area contributed by atoms with Crippen LogP contribution in [0, 0.1) is 5.92 Å². The molecule has 0 aliphatic carbocycles. The van der Waals surface area contributed by atoms with Crippen LogP contribution in [0.3, 0.4) is 0 Å². The van der Waals surface area contributed by atoms with Crippen LogP contribution in [0.5, 0.6) is 0 Å². The summed E-state index contributed by atoms with van der Waals surface area (Å²) in [5.41, 5.74) is -2.37. The first-order chi connectivity index (χ1) is 9.66. The first-order valence-corrected chi connectivity index (χ1v) is 6.65. The van der Waals surface area contributed by atoms with Crippen LogP contribution >= 0.6 is 0 Å². The highest BCUT2D eigenvalue weighted by atomic mass is 19.4. The van der Waals surface area contributed by atoms with E-state index in [0.29, 0.717) is 0 Å². The fourth-order valence-electron chi connectivity index (χ4n) is 2.56. The molecule has 118 valence electrons. The number of piperidine rings is 1. The minimum Gasteiger partial charge on any atom is -0.317 e. The number of rotatable bonds is 2. The maximum atomic E-state index is 12.7. The lowest BCUT2D eigenvalue weighted by atomic mass is 9.89. The molecule has 0 saturated carbocycles. The molecule has 1 aliphatic rings. The molecule has 0 atom stereocenters. The van der Waals surface area contributed by atoms with E-state index in [9.17, 15) is 26.3 Å². The standard InChI is InChI=1S/C14H15F6N/c15-13(16,17)11-6-10(5-9-1-3-21-4-2-9)7-12(8-11)14(18,19)20/h6-9,21H,1-5H2. The lowest BCUT2D eigenvalue weighted by Crippen LogP contribution is -2.28. The Hall–Kier alpha value is -1.24. The van der Waals surface area contributed by atoms with Crippen molar-refractivity contribution < 1.29 is 26.3 Å². The number of hydrogen-bond acceptors (Lipinski definition) is 1. The van der Waals surface area contributed by atoms with Crippen molar-refractivity contribution in [3.8, 4) is 0 Å². The molecule has 0 bridgehead atoms. The zero-order valence-electron chi connectivity index (χ0n) is 11.1. The lowest BCUT2D eigenvalue weighted by Gasteiger charge is -2.23. The van der Waals surface area contributed by atoms with Crippen molar-refractivity contribution in [1.29, 1.82) is 0 Å². The molecule has 1 saturated heterocycles. The average Bonchev–Trinajstić information content (AvgIpc) is 2.37. The predicted octanol–water partition coefficient (Wildman–Crippen LogP) is 4.27. The third kappa shape index (κ3) is 4.36. The van der Waals surface area contributed by atoms with Gasteiger partial charge in [-0.2, -0.15) is 26.3 Å². The van der Waals surface area contributed by atoms with Crippen molar-refractivity contribution in [3.05, 3.63) is 34.9 Å². The van der Waals surface area contributed by atoms with E-state index in [2.05, 4.69) is 5.32 Å². The Bertz CT molecular complexity index is 453. The van der Waals surface area contributed by atoms with Crippen LogP contribution in [0.15, 0.2) is 18.2 Å². The van der Waals surface area contributed by atoms with Crippen LogP contribution in [-0.4, -0.2) is 13.1 Å². The quantitative estimate of drug-likeness (QED) is 0.805. The topological polar surface area (TPSA) is 12.0 Å². The van der Waals surface area contributed by atoms with E-state index in [0.717, 1.165) is 38.1 Å². The van der Waals surface area contributed by atoms with Crippen LogP contribution in [-0.2, 0) is 18.8 Å². The minimum absolute atomic E-state index is 0.101. The minimum atomic E-state index is -4.77. The Morgan fingerprint density at radius 1 is 0.857 bits per heavy atom. The molecule has 0 radical (unpaired) electrons. The van der Waals surface area contributed by atoms with Gasteiger partial charge in [0, 0.05) is 0 Å². The molecule has 21 heavy (non-hydrogen) atoms. The van der Waals surface area contributed by atoms with Crippen molar-refractivity contribution in [3.63, 3.8) is 0 Å². The van der Waals surface area contributed by atoms with Crippen molar-refractivity contribution >= 4 is 0 Å². The molecule has 0 spiro atoms. The summed E-state index contributed by atoms with van der Waals surface area (Å²) in [6.45, 7) is 1.49. The number of nitrogens with one attached hydrogen (secondary N) is 1. The molecule has 1 N–H and O–H groups in total. The van der Waals surface area contributed by atoms with E-state index in [1.54, 1.807) is 0 Å². The largest absolute Gasteiger partial charge is 0.416 e. The Morgan fingerprint density at radius 2 is 1.33 bits per heavy atom.